The summed E-state index contributed by atoms with van der Waals surface area (Å²) in [5, 5.41) is 11.8. The molecule has 0 saturated carbocycles. The Morgan fingerprint density at radius 2 is 1.69 bits per heavy atom. The van der Waals surface area contributed by atoms with Gasteiger partial charge in [0.2, 0.25) is 5.91 Å². The van der Waals surface area contributed by atoms with Crippen LogP contribution in [0.2, 0.25) is 0 Å². The quantitative estimate of drug-likeness (QED) is 0.719. The Labute approximate surface area is 187 Å². The molecule has 2 amide bonds. The van der Waals surface area contributed by atoms with Gasteiger partial charge in [0.25, 0.3) is 0 Å². The molecule has 2 aromatic rings. The van der Waals surface area contributed by atoms with E-state index in [0.29, 0.717) is 13.0 Å². The fourth-order valence-corrected chi connectivity index (χ4v) is 4.83. The van der Waals surface area contributed by atoms with E-state index in [1.165, 1.54) is 0 Å². The summed E-state index contributed by atoms with van der Waals surface area (Å²) in [6, 6.07) is 15.1. The topological polar surface area (TPSA) is 95.9 Å². The Morgan fingerprint density at radius 1 is 1.06 bits per heavy atom. The molecule has 2 aromatic carbocycles. The number of nitrogens with one attached hydrogen (secondary N) is 1. The van der Waals surface area contributed by atoms with Gasteiger partial charge in [0.1, 0.15) is 12.6 Å². The molecular weight excluding hydrogens is 408 g/mol. The first kappa shape index (κ1) is 21.9. The van der Waals surface area contributed by atoms with Gasteiger partial charge in [-0.25, -0.2) is 4.79 Å². The van der Waals surface area contributed by atoms with Gasteiger partial charge in [-0.2, -0.15) is 0 Å². The summed E-state index contributed by atoms with van der Waals surface area (Å²) >= 11 is 0. The molecule has 7 heteroatoms. The zero-order valence-electron chi connectivity index (χ0n) is 18.1. The van der Waals surface area contributed by atoms with Gasteiger partial charge in [-0.05, 0) is 48.4 Å². The van der Waals surface area contributed by atoms with Gasteiger partial charge in [0.15, 0.2) is 0 Å². The van der Waals surface area contributed by atoms with Crippen LogP contribution in [0.5, 0.6) is 0 Å². The molecule has 2 N–H and O–H groups in total. The number of hydrogen-bond donors (Lipinski definition) is 2. The molecule has 1 saturated heterocycles. The highest BCUT2D eigenvalue weighted by Gasteiger charge is 2.33. The zero-order chi connectivity index (χ0) is 22.7. The molecule has 2 aliphatic rings. The van der Waals surface area contributed by atoms with Crippen molar-refractivity contribution in [3.63, 3.8) is 0 Å². The number of carboxylic acid groups (broad SMARTS) is 1. The lowest BCUT2D eigenvalue weighted by Gasteiger charge is -2.36. The second-order valence-electron chi connectivity index (χ2n) is 8.47. The van der Waals surface area contributed by atoms with Crippen LogP contribution in [-0.2, 0) is 14.3 Å². The number of fused-ring (bicyclic) bond motifs is 3. The van der Waals surface area contributed by atoms with Crippen molar-refractivity contribution in [2.24, 2.45) is 0 Å². The van der Waals surface area contributed by atoms with Crippen LogP contribution in [0.25, 0.3) is 11.1 Å². The number of likely N-dealkylation sites (tertiary alicyclic amines) is 1. The van der Waals surface area contributed by atoms with Crippen molar-refractivity contribution in [3.8, 4) is 11.1 Å². The Morgan fingerprint density at radius 3 is 2.31 bits per heavy atom. The van der Waals surface area contributed by atoms with Crippen LogP contribution in [-0.4, -0.2) is 53.2 Å². The zero-order valence-corrected chi connectivity index (χ0v) is 18.1. The number of rotatable bonds is 6. The normalized spacial score (nSPS) is 18.4. The first-order valence-corrected chi connectivity index (χ1v) is 11.1. The van der Waals surface area contributed by atoms with Crippen LogP contribution < -0.4 is 5.32 Å². The minimum atomic E-state index is -0.924. The SMILES string of the molecule is C[C@@H](NC(=O)OCC1c2ccccc2-c2ccccc21)C(=O)N1CCCC[C@@H]1CC(=O)O. The molecule has 7 nitrogen and oxygen atoms in total. The molecule has 1 aliphatic heterocycles. The van der Waals surface area contributed by atoms with Crippen LogP contribution >= 0.6 is 0 Å². The number of carbonyl (C=O) groups excluding carboxylic acids is 2. The summed E-state index contributed by atoms with van der Waals surface area (Å²) in [4.78, 5) is 38.1. The maximum atomic E-state index is 12.9. The molecule has 32 heavy (non-hydrogen) atoms. The number of aliphatic carboxylic acids is 1. The van der Waals surface area contributed by atoms with Crippen LogP contribution in [0.1, 0.15) is 49.7 Å². The number of piperidine rings is 1. The second-order valence-corrected chi connectivity index (χ2v) is 8.47. The molecule has 168 valence electrons. The molecule has 0 bridgehead atoms. The number of amides is 2. The number of ether oxygens (including phenoxy) is 1. The van der Waals surface area contributed by atoms with Crippen molar-refractivity contribution in [1.29, 1.82) is 0 Å². The molecule has 0 spiro atoms. The number of nitrogens with zero attached hydrogens (tertiary/aromatic N) is 1. The lowest BCUT2D eigenvalue weighted by molar-refractivity contribution is -0.142. The van der Waals surface area contributed by atoms with Gasteiger partial charge in [-0.15, -0.1) is 0 Å². The first-order chi connectivity index (χ1) is 15.5. The Bertz CT molecular complexity index is 975. The van der Waals surface area contributed by atoms with E-state index >= 15 is 0 Å². The second kappa shape index (κ2) is 9.42. The summed E-state index contributed by atoms with van der Waals surface area (Å²) in [5.74, 6) is -1.25. The highest BCUT2D eigenvalue weighted by Crippen LogP contribution is 2.44. The van der Waals surface area contributed by atoms with Crippen molar-refractivity contribution in [2.75, 3.05) is 13.2 Å². The van der Waals surface area contributed by atoms with E-state index in [2.05, 4.69) is 17.4 Å². The van der Waals surface area contributed by atoms with E-state index in [0.717, 1.165) is 35.1 Å². The smallest absolute Gasteiger partial charge is 0.407 e. The minimum absolute atomic E-state index is 0.0544. The molecule has 0 radical (unpaired) electrons. The Hall–Kier alpha value is -3.35. The number of hydrogen-bond acceptors (Lipinski definition) is 4. The van der Waals surface area contributed by atoms with Crippen LogP contribution in [0.4, 0.5) is 4.79 Å². The van der Waals surface area contributed by atoms with Gasteiger partial charge in [-0.3, -0.25) is 9.59 Å². The first-order valence-electron chi connectivity index (χ1n) is 11.1. The van der Waals surface area contributed by atoms with Gasteiger partial charge < -0.3 is 20.1 Å². The van der Waals surface area contributed by atoms with E-state index in [-0.39, 0.29) is 30.9 Å². The summed E-state index contributed by atoms with van der Waals surface area (Å²) in [5.41, 5.74) is 4.54. The highest BCUT2D eigenvalue weighted by molar-refractivity contribution is 5.86. The highest BCUT2D eigenvalue weighted by atomic mass is 16.5. The molecule has 0 aromatic heterocycles. The Kier molecular flexibility index (Phi) is 6.44. The van der Waals surface area contributed by atoms with Crippen LogP contribution in [0, 0.1) is 0 Å². The Balaban J connectivity index is 1.37. The molecule has 2 atom stereocenters. The van der Waals surface area contributed by atoms with Gasteiger partial charge in [-0.1, -0.05) is 48.5 Å². The predicted molar refractivity (Wildman–Crippen MR) is 119 cm³/mol. The lowest BCUT2D eigenvalue weighted by Crippen LogP contribution is -2.52. The van der Waals surface area contributed by atoms with E-state index < -0.39 is 18.1 Å². The molecule has 1 aliphatic carbocycles. The largest absolute Gasteiger partial charge is 0.481 e. The maximum absolute atomic E-state index is 12.9. The molecule has 1 heterocycles. The average molecular weight is 437 g/mol. The monoisotopic (exact) mass is 436 g/mol. The van der Waals surface area contributed by atoms with Gasteiger partial charge in [0, 0.05) is 18.5 Å². The van der Waals surface area contributed by atoms with E-state index in [1.807, 2.05) is 36.4 Å². The lowest BCUT2D eigenvalue weighted by atomic mass is 9.98. The van der Waals surface area contributed by atoms with Crippen molar-refractivity contribution in [1.82, 2.24) is 10.2 Å². The summed E-state index contributed by atoms with van der Waals surface area (Å²) in [7, 11) is 0. The summed E-state index contributed by atoms with van der Waals surface area (Å²) in [6.07, 6.45) is 1.66. The fraction of sp³-hybridized carbons (Fsp3) is 0.400. The molecule has 0 unspecified atom stereocenters. The minimum Gasteiger partial charge on any atom is -0.481 e. The van der Waals surface area contributed by atoms with Gasteiger partial charge in [0.05, 0.1) is 6.42 Å². The average Bonchev–Trinajstić information content (AvgIpc) is 3.11. The van der Waals surface area contributed by atoms with E-state index in [9.17, 15) is 14.4 Å². The molecule has 4 rings (SSSR count). The van der Waals surface area contributed by atoms with Crippen molar-refractivity contribution in [2.45, 2.75) is 50.6 Å². The number of alkyl carbamates (subject to hydrolysis) is 1. The third-order valence-corrected chi connectivity index (χ3v) is 6.37. The summed E-state index contributed by atoms with van der Waals surface area (Å²) in [6.45, 7) is 2.29. The van der Waals surface area contributed by atoms with E-state index in [1.54, 1.807) is 11.8 Å². The predicted octanol–water partition coefficient (Wildman–Crippen LogP) is 3.77. The number of benzene rings is 2. The van der Waals surface area contributed by atoms with Crippen molar-refractivity contribution in [3.05, 3.63) is 59.7 Å². The standard InChI is InChI=1S/C25H28N2O5/c1-16(24(30)27-13-7-6-8-17(27)14-23(28)29)26-25(31)32-15-22-20-11-4-2-9-18(20)19-10-3-5-12-21(19)22/h2-5,9-12,16-17,22H,6-8,13-15H2,1H3,(H,26,31)(H,28,29)/t16-,17-/m1/s1. The number of carboxylic acids is 1. The van der Waals surface area contributed by atoms with Gasteiger partial charge >= 0.3 is 12.1 Å². The fourth-order valence-electron chi connectivity index (χ4n) is 4.83. The third-order valence-electron chi connectivity index (χ3n) is 6.37. The molecule has 1 fully saturated rings. The molecular formula is C25H28N2O5. The third kappa shape index (κ3) is 4.47. The van der Waals surface area contributed by atoms with E-state index in [4.69, 9.17) is 9.84 Å². The summed E-state index contributed by atoms with van der Waals surface area (Å²) < 4.78 is 5.52. The van der Waals surface area contributed by atoms with Crippen LogP contribution in [0.3, 0.4) is 0 Å². The van der Waals surface area contributed by atoms with Crippen molar-refractivity contribution < 1.29 is 24.2 Å². The van der Waals surface area contributed by atoms with Crippen LogP contribution in [0.15, 0.2) is 48.5 Å². The number of carbonyl (C=O) groups is 3. The van der Waals surface area contributed by atoms with Crippen molar-refractivity contribution >= 4 is 18.0 Å². The maximum Gasteiger partial charge on any atom is 0.407 e.